The minimum Gasteiger partial charge on any atom is -0.383 e. The molecule has 3 rings (SSSR count). The van der Waals surface area contributed by atoms with Crippen molar-refractivity contribution in [2.24, 2.45) is 0 Å². The zero-order valence-corrected chi connectivity index (χ0v) is 8.30. The molecule has 0 spiro atoms. The summed E-state index contributed by atoms with van der Waals surface area (Å²) in [5.41, 5.74) is 6.54. The van der Waals surface area contributed by atoms with Gasteiger partial charge in [0.2, 0.25) is 0 Å². The van der Waals surface area contributed by atoms with Gasteiger partial charge in [-0.05, 0) is 12.8 Å². The molecule has 1 aliphatic heterocycles. The van der Waals surface area contributed by atoms with Crippen molar-refractivity contribution in [2.45, 2.75) is 12.8 Å². The summed E-state index contributed by atoms with van der Waals surface area (Å²) >= 11 is 0. The third-order valence-corrected chi connectivity index (χ3v) is 2.73. The second-order valence-corrected chi connectivity index (χ2v) is 3.69. The fourth-order valence-corrected chi connectivity index (χ4v) is 1.95. The number of aromatic nitrogens is 4. The molecule has 0 aromatic carbocycles. The predicted octanol–water partition coefficient (Wildman–Crippen LogP) is 0.140. The summed E-state index contributed by atoms with van der Waals surface area (Å²) in [7, 11) is 0. The molecule has 6 heteroatoms. The highest BCUT2D eigenvalue weighted by molar-refractivity contribution is 5.84. The Balaban J connectivity index is 2.15. The van der Waals surface area contributed by atoms with E-state index in [0.29, 0.717) is 5.82 Å². The molecule has 0 unspecified atom stereocenters. The van der Waals surface area contributed by atoms with Crippen LogP contribution in [-0.4, -0.2) is 32.9 Å². The van der Waals surface area contributed by atoms with Gasteiger partial charge in [-0.2, -0.15) is 9.89 Å². The Morgan fingerprint density at radius 3 is 2.80 bits per heavy atom. The first-order valence-electron chi connectivity index (χ1n) is 5.06. The van der Waals surface area contributed by atoms with Crippen LogP contribution in [0.4, 0.5) is 5.82 Å². The molecule has 1 fully saturated rings. The van der Waals surface area contributed by atoms with Crippen molar-refractivity contribution < 1.29 is 0 Å². The van der Waals surface area contributed by atoms with Crippen molar-refractivity contribution in [1.29, 1.82) is 0 Å². The lowest BCUT2D eigenvalue weighted by Gasteiger charge is -2.17. The molecular weight excluding hydrogens is 192 g/mol. The van der Waals surface area contributed by atoms with E-state index in [9.17, 15) is 0 Å². The Kier molecular flexibility index (Phi) is 1.74. The minimum absolute atomic E-state index is 0.491. The Morgan fingerprint density at radius 2 is 2.00 bits per heavy atom. The summed E-state index contributed by atoms with van der Waals surface area (Å²) < 4.78 is 0. The fourth-order valence-electron chi connectivity index (χ4n) is 1.95. The SMILES string of the molecule is Nc1ncnc2c1cnn2N1CCCC1. The lowest BCUT2D eigenvalue weighted by molar-refractivity contribution is 0.603. The first-order chi connectivity index (χ1) is 7.36. The average Bonchev–Trinajstić information content (AvgIpc) is 2.85. The molecule has 2 aromatic rings. The molecule has 0 aliphatic carbocycles. The summed E-state index contributed by atoms with van der Waals surface area (Å²) in [6.45, 7) is 2.06. The molecule has 15 heavy (non-hydrogen) atoms. The van der Waals surface area contributed by atoms with Crippen molar-refractivity contribution in [3.8, 4) is 0 Å². The third kappa shape index (κ3) is 1.21. The molecule has 2 aromatic heterocycles. The number of nitrogen functional groups attached to an aromatic ring is 1. The highest BCUT2D eigenvalue weighted by Crippen LogP contribution is 2.17. The Labute approximate surface area is 86.7 Å². The molecule has 6 nitrogen and oxygen atoms in total. The molecule has 2 N–H and O–H groups in total. The maximum absolute atomic E-state index is 5.75. The van der Waals surface area contributed by atoms with E-state index in [1.54, 1.807) is 6.20 Å². The molecule has 0 radical (unpaired) electrons. The van der Waals surface area contributed by atoms with E-state index in [4.69, 9.17) is 5.73 Å². The summed E-state index contributed by atoms with van der Waals surface area (Å²) in [5, 5.41) is 7.30. The van der Waals surface area contributed by atoms with Crippen LogP contribution in [0.3, 0.4) is 0 Å². The number of hydrogen-bond acceptors (Lipinski definition) is 5. The zero-order chi connectivity index (χ0) is 10.3. The predicted molar refractivity (Wildman–Crippen MR) is 56.9 cm³/mol. The zero-order valence-electron chi connectivity index (χ0n) is 8.30. The van der Waals surface area contributed by atoms with Gasteiger partial charge in [-0.15, -0.1) is 0 Å². The van der Waals surface area contributed by atoms with E-state index in [2.05, 4.69) is 20.1 Å². The van der Waals surface area contributed by atoms with Gasteiger partial charge in [-0.3, -0.25) is 5.01 Å². The van der Waals surface area contributed by atoms with Gasteiger partial charge in [-0.1, -0.05) is 0 Å². The van der Waals surface area contributed by atoms with E-state index in [1.807, 2.05) is 4.79 Å². The standard InChI is InChI=1S/C9H12N6/c10-8-7-5-13-15(9(7)12-6-11-8)14-3-1-2-4-14/h5-6H,1-4H2,(H2,10,11,12). The van der Waals surface area contributed by atoms with Gasteiger partial charge in [0.05, 0.1) is 11.6 Å². The molecule has 0 bridgehead atoms. The number of nitrogens with two attached hydrogens (primary N) is 1. The van der Waals surface area contributed by atoms with Crippen LogP contribution in [0.1, 0.15) is 12.8 Å². The number of nitrogens with zero attached hydrogens (tertiary/aromatic N) is 5. The van der Waals surface area contributed by atoms with Crippen LogP contribution in [0.2, 0.25) is 0 Å². The quantitative estimate of drug-likeness (QED) is 0.715. The highest BCUT2D eigenvalue weighted by Gasteiger charge is 2.16. The van der Waals surface area contributed by atoms with E-state index >= 15 is 0 Å². The molecule has 3 heterocycles. The van der Waals surface area contributed by atoms with Gasteiger partial charge >= 0.3 is 0 Å². The summed E-state index contributed by atoms with van der Waals surface area (Å²) in [4.78, 5) is 9.99. The van der Waals surface area contributed by atoms with E-state index in [0.717, 1.165) is 24.1 Å². The Morgan fingerprint density at radius 1 is 1.20 bits per heavy atom. The fraction of sp³-hybridized carbons (Fsp3) is 0.444. The normalized spacial score (nSPS) is 16.4. The van der Waals surface area contributed by atoms with Crippen LogP contribution in [0, 0.1) is 0 Å². The van der Waals surface area contributed by atoms with Crippen molar-refractivity contribution >= 4 is 16.9 Å². The maximum Gasteiger partial charge on any atom is 0.186 e. The molecule has 0 amide bonds. The van der Waals surface area contributed by atoms with Crippen molar-refractivity contribution in [3.05, 3.63) is 12.5 Å². The van der Waals surface area contributed by atoms with Crippen LogP contribution in [0.25, 0.3) is 11.0 Å². The van der Waals surface area contributed by atoms with Crippen molar-refractivity contribution in [1.82, 2.24) is 19.9 Å². The second-order valence-electron chi connectivity index (χ2n) is 3.69. The van der Waals surface area contributed by atoms with Gasteiger partial charge in [0.25, 0.3) is 0 Å². The molecule has 78 valence electrons. The van der Waals surface area contributed by atoms with Crippen molar-refractivity contribution in [2.75, 3.05) is 23.8 Å². The van der Waals surface area contributed by atoms with Crippen LogP contribution in [0.15, 0.2) is 12.5 Å². The lowest BCUT2D eigenvalue weighted by Crippen LogP contribution is -2.32. The van der Waals surface area contributed by atoms with E-state index < -0.39 is 0 Å². The second kappa shape index (κ2) is 3.08. The van der Waals surface area contributed by atoms with Crippen LogP contribution in [-0.2, 0) is 0 Å². The molecule has 1 aliphatic rings. The van der Waals surface area contributed by atoms with E-state index in [1.165, 1.54) is 19.2 Å². The third-order valence-electron chi connectivity index (χ3n) is 2.73. The first kappa shape index (κ1) is 8.46. The summed E-state index contributed by atoms with van der Waals surface area (Å²) in [6.07, 6.45) is 5.62. The maximum atomic E-state index is 5.75. The largest absolute Gasteiger partial charge is 0.383 e. The lowest BCUT2D eigenvalue weighted by atomic mass is 10.4. The topological polar surface area (TPSA) is 72.9 Å². The molecule has 1 saturated heterocycles. The van der Waals surface area contributed by atoms with Crippen LogP contribution >= 0.6 is 0 Å². The molecule has 0 atom stereocenters. The number of anilines is 1. The van der Waals surface area contributed by atoms with Gasteiger partial charge in [0.15, 0.2) is 5.65 Å². The number of hydrogen-bond donors (Lipinski definition) is 1. The van der Waals surface area contributed by atoms with Crippen LogP contribution in [0.5, 0.6) is 0 Å². The number of rotatable bonds is 1. The Bertz CT molecular complexity index is 484. The monoisotopic (exact) mass is 204 g/mol. The van der Waals surface area contributed by atoms with Crippen molar-refractivity contribution in [3.63, 3.8) is 0 Å². The van der Waals surface area contributed by atoms with Gasteiger partial charge in [0.1, 0.15) is 12.1 Å². The summed E-state index contributed by atoms with van der Waals surface area (Å²) in [5.74, 6) is 0.491. The van der Waals surface area contributed by atoms with Gasteiger partial charge < -0.3 is 5.73 Å². The van der Waals surface area contributed by atoms with Crippen LogP contribution < -0.4 is 10.7 Å². The Hall–Kier alpha value is -1.85. The highest BCUT2D eigenvalue weighted by atomic mass is 15.7. The number of fused-ring (bicyclic) bond motifs is 1. The first-order valence-corrected chi connectivity index (χ1v) is 5.06. The molecular formula is C9H12N6. The minimum atomic E-state index is 0.491. The smallest absolute Gasteiger partial charge is 0.186 e. The average molecular weight is 204 g/mol. The van der Waals surface area contributed by atoms with Gasteiger partial charge in [-0.25, -0.2) is 9.97 Å². The summed E-state index contributed by atoms with van der Waals surface area (Å²) in [6, 6.07) is 0. The molecule has 0 saturated carbocycles. The van der Waals surface area contributed by atoms with Gasteiger partial charge in [0, 0.05) is 13.1 Å². The van der Waals surface area contributed by atoms with E-state index in [-0.39, 0.29) is 0 Å².